The molecule has 0 spiro atoms. The molecule has 20 heavy (non-hydrogen) atoms. The molecule has 0 fully saturated rings. The lowest BCUT2D eigenvalue weighted by atomic mass is 10.2. The fourth-order valence-electron chi connectivity index (χ4n) is 1.65. The van der Waals surface area contributed by atoms with Gasteiger partial charge in [0.1, 0.15) is 11.5 Å². The average Bonchev–Trinajstić information content (AvgIpc) is 2.37. The van der Waals surface area contributed by atoms with Crippen LogP contribution in [-0.2, 0) is 12.8 Å². The van der Waals surface area contributed by atoms with E-state index >= 15 is 0 Å². The first-order chi connectivity index (χ1) is 9.40. The van der Waals surface area contributed by atoms with Crippen LogP contribution in [0, 0.1) is 0 Å². The Bertz CT molecular complexity index is 612. The van der Waals surface area contributed by atoms with Crippen LogP contribution in [0.25, 0.3) is 0 Å². The molecule has 0 atom stereocenters. The minimum atomic E-state index is -4.50. The molecule has 0 heterocycles. The fraction of sp³-hybridized carbons (Fsp3) is 0.143. The predicted octanol–water partition coefficient (Wildman–Crippen LogP) is 4.75. The lowest BCUT2D eigenvalue weighted by Gasteiger charge is -2.14. The quantitative estimate of drug-likeness (QED) is 0.868. The van der Waals surface area contributed by atoms with E-state index in [4.69, 9.17) is 9.84 Å². The summed E-state index contributed by atoms with van der Waals surface area (Å²) in [6.45, 7) is -0.207. The van der Waals surface area contributed by atoms with Crippen molar-refractivity contribution in [2.75, 3.05) is 0 Å². The molecule has 2 nitrogen and oxygen atoms in total. The van der Waals surface area contributed by atoms with Crippen molar-refractivity contribution in [3.63, 3.8) is 0 Å². The van der Waals surface area contributed by atoms with Crippen LogP contribution < -0.4 is 4.74 Å². The van der Waals surface area contributed by atoms with E-state index in [1.54, 1.807) is 12.1 Å². The fourth-order valence-corrected chi connectivity index (χ4v) is 1.99. The molecule has 2 rings (SSSR count). The van der Waals surface area contributed by atoms with E-state index in [1.165, 1.54) is 24.3 Å². The molecule has 0 saturated heterocycles. The highest BCUT2D eigenvalue weighted by molar-refractivity contribution is 9.10. The third-order valence-electron chi connectivity index (χ3n) is 2.56. The van der Waals surface area contributed by atoms with Crippen molar-refractivity contribution in [3.8, 4) is 11.5 Å². The van der Waals surface area contributed by atoms with Crippen LogP contribution in [0.4, 0.5) is 13.2 Å². The summed E-state index contributed by atoms with van der Waals surface area (Å²) in [4.78, 5) is 0. The van der Waals surface area contributed by atoms with Crippen LogP contribution in [0.1, 0.15) is 11.1 Å². The average molecular weight is 347 g/mol. The van der Waals surface area contributed by atoms with Gasteiger partial charge in [-0.2, -0.15) is 13.2 Å². The summed E-state index contributed by atoms with van der Waals surface area (Å²) in [6, 6.07) is 9.79. The number of aliphatic hydroxyl groups is 1. The monoisotopic (exact) mass is 346 g/mol. The molecule has 0 bridgehead atoms. The number of ether oxygens (including phenoxy) is 1. The second-order valence-corrected chi connectivity index (χ2v) is 4.96. The third kappa shape index (κ3) is 3.52. The SMILES string of the molecule is OCc1cccc(Oc2cc(Br)ccc2C(F)(F)F)c1. The highest BCUT2D eigenvalue weighted by Crippen LogP contribution is 2.39. The van der Waals surface area contributed by atoms with Crippen LogP contribution in [0.5, 0.6) is 11.5 Å². The van der Waals surface area contributed by atoms with E-state index in [1.807, 2.05) is 0 Å². The first-order valence-corrected chi connectivity index (χ1v) is 6.44. The maximum Gasteiger partial charge on any atom is 0.419 e. The molecular formula is C14H10BrF3O2. The molecule has 6 heteroatoms. The van der Waals surface area contributed by atoms with Gasteiger partial charge in [0.05, 0.1) is 12.2 Å². The van der Waals surface area contributed by atoms with E-state index in [0.717, 1.165) is 6.07 Å². The molecular weight excluding hydrogens is 337 g/mol. The lowest BCUT2D eigenvalue weighted by Crippen LogP contribution is -2.07. The van der Waals surface area contributed by atoms with E-state index < -0.39 is 11.7 Å². The minimum Gasteiger partial charge on any atom is -0.457 e. The van der Waals surface area contributed by atoms with E-state index in [-0.39, 0.29) is 18.1 Å². The van der Waals surface area contributed by atoms with Gasteiger partial charge < -0.3 is 9.84 Å². The number of aliphatic hydroxyl groups excluding tert-OH is 1. The number of rotatable bonds is 3. The van der Waals surface area contributed by atoms with Gasteiger partial charge in [-0.1, -0.05) is 28.1 Å². The standard InChI is InChI=1S/C14H10BrF3O2/c15-10-4-5-12(14(16,17)18)13(7-10)20-11-3-1-2-9(6-11)8-19/h1-7,19H,8H2. The van der Waals surface area contributed by atoms with Crippen molar-refractivity contribution >= 4 is 15.9 Å². The van der Waals surface area contributed by atoms with Gasteiger partial charge in [-0.3, -0.25) is 0 Å². The van der Waals surface area contributed by atoms with Crippen molar-refractivity contribution < 1.29 is 23.0 Å². The Labute approximate surface area is 121 Å². The number of alkyl halides is 3. The molecule has 2 aromatic carbocycles. The molecule has 0 unspecified atom stereocenters. The summed E-state index contributed by atoms with van der Waals surface area (Å²) in [7, 11) is 0. The second kappa shape index (κ2) is 5.85. The van der Waals surface area contributed by atoms with Gasteiger partial charge in [0.2, 0.25) is 0 Å². The van der Waals surface area contributed by atoms with Crippen molar-refractivity contribution in [2.45, 2.75) is 12.8 Å². The van der Waals surface area contributed by atoms with Crippen molar-refractivity contribution in [1.29, 1.82) is 0 Å². The highest BCUT2D eigenvalue weighted by atomic mass is 79.9. The molecule has 0 aliphatic rings. The van der Waals surface area contributed by atoms with Gasteiger partial charge in [0, 0.05) is 4.47 Å². The largest absolute Gasteiger partial charge is 0.457 e. The summed E-state index contributed by atoms with van der Waals surface area (Å²) in [5.41, 5.74) is -0.291. The Morgan fingerprint density at radius 1 is 1.10 bits per heavy atom. The molecule has 0 aliphatic heterocycles. The second-order valence-electron chi connectivity index (χ2n) is 4.05. The molecule has 0 amide bonds. The van der Waals surface area contributed by atoms with Gasteiger partial charge in [-0.05, 0) is 35.9 Å². The third-order valence-corrected chi connectivity index (χ3v) is 3.05. The Morgan fingerprint density at radius 2 is 1.85 bits per heavy atom. The predicted molar refractivity (Wildman–Crippen MR) is 71.6 cm³/mol. The number of halogens is 4. The number of benzene rings is 2. The summed E-state index contributed by atoms with van der Waals surface area (Å²) >= 11 is 3.12. The molecule has 0 aliphatic carbocycles. The van der Waals surface area contributed by atoms with Crippen LogP contribution in [0.3, 0.4) is 0 Å². The molecule has 2 aromatic rings. The van der Waals surface area contributed by atoms with Gasteiger partial charge in [0.15, 0.2) is 0 Å². The normalized spacial score (nSPS) is 11.4. The van der Waals surface area contributed by atoms with Gasteiger partial charge in [0.25, 0.3) is 0 Å². The molecule has 0 aromatic heterocycles. The molecule has 106 valence electrons. The topological polar surface area (TPSA) is 29.5 Å². The summed E-state index contributed by atoms with van der Waals surface area (Å²) in [5, 5.41) is 9.01. The smallest absolute Gasteiger partial charge is 0.419 e. The zero-order valence-electron chi connectivity index (χ0n) is 10.1. The maximum absolute atomic E-state index is 12.9. The lowest BCUT2D eigenvalue weighted by molar-refractivity contribution is -0.138. The van der Waals surface area contributed by atoms with Crippen molar-refractivity contribution in [2.24, 2.45) is 0 Å². The summed E-state index contributed by atoms with van der Waals surface area (Å²) in [5.74, 6) is -0.0536. The molecule has 1 N–H and O–H groups in total. The van der Waals surface area contributed by atoms with E-state index in [9.17, 15) is 13.2 Å². The van der Waals surface area contributed by atoms with Crippen LogP contribution >= 0.6 is 15.9 Å². The van der Waals surface area contributed by atoms with Crippen LogP contribution in [-0.4, -0.2) is 5.11 Å². The number of hydrogen-bond acceptors (Lipinski definition) is 2. The maximum atomic E-state index is 12.9. The summed E-state index contributed by atoms with van der Waals surface area (Å²) < 4.78 is 44.5. The highest BCUT2D eigenvalue weighted by Gasteiger charge is 2.34. The Morgan fingerprint density at radius 3 is 2.50 bits per heavy atom. The van der Waals surface area contributed by atoms with Crippen molar-refractivity contribution in [1.82, 2.24) is 0 Å². The zero-order chi connectivity index (χ0) is 14.8. The zero-order valence-corrected chi connectivity index (χ0v) is 11.7. The number of hydrogen-bond donors (Lipinski definition) is 1. The minimum absolute atomic E-state index is 0.207. The molecule has 0 saturated carbocycles. The summed E-state index contributed by atoms with van der Waals surface area (Å²) in [6.07, 6.45) is -4.50. The van der Waals surface area contributed by atoms with Gasteiger partial charge >= 0.3 is 6.18 Å². The Kier molecular flexibility index (Phi) is 4.35. The molecule has 0 radical (unpaired) electrons. The van der Waals surface area contributed by atoms with Gasteiger partial charge in [-0.15, -0.1) is 0 Å². The van der Waals surface area contributed by atoms with Crippen LogP contribution in [0.2, 0.25) is 0 Å². The van der Waals surface area contributed by atoms with Crippen molar-refractivity contribution in [3.05, 3.63) is 58.1 Å². The van der Waals surface area contributed by atoms with Gasteiger partial charge in [-0.25, -0.2) is 0 Å². The first kappa shape index (κ1) is 14.9. The Hall–Kier alpha value is -1.53. The Balaban J connectivity index is 2.39. The van der Waals surface area contributed by atoms with E-state index in [2.05, 4.69) is 15.9 Å². The van der Waals surface area contributed by atoms with E-state index in [0.29, 0.717) is 10.0 Å². The first-order valence-electron chi connectivity index (χ1n) is 5.64. The van der Waals surface area contributed by atoms with Crippen LogP contribution in [0.15, 0.2) is 46.9 Å².